The first-order valence-electron chi connectivity index (χ1n) is 7.96. The number of ether oxygens (including phenoxy) is 2. The van der Waals surface area contributed by atoms with E-state index in [0.29, 0.717) is 11.3 Å². The average molecular weight is 339 g/mol. The fourth-order valence-electron chi connectivity index (χ4n) is 2.67. The second kappa shape index (κ2) is 7.17. The Morgan fingerprint density at radius 3 is 2.68 bits per heavy atom. The summed E-state index contributed by atoms with van der Waals surface area (Å²) in [4.78, 5) is 36.5. The Kier molecular flexibility index (Phi) is 4.79. The number of para-hydroxylation sites is 1. The number of benzene rings is 2. The minimum Gasteiger partial charge on any atom is -0.462 e. The highest BCUT2D eigenvalue weighted by Crippen LogP contribution is 2.22. The van der Waals surface area contributed by atoms with E-state index in [9.17, 15) is 14.4 Å². The number of hydrogen-bond acceptors (Lipinski definition) is 5. The van der Waals surface area contributed by atoms with Crippen molar-refractivity contribution in [3.8, 4) is 0 Å². The predicted octanol–water partition coefficient (Wildman–Crippen LogP) is 2.58. The number of rotatable bonds is 4. The molecular formula is C19H17NO5. The lowest BCUT2D eigenvalue weighted by Gasteiger charge is -2.24. The smallest absolute Gasteiger partial charge is 0.340 e. The first-order chi connectivity index (χ1) is 12.1. The largest absolute Gasteiger partial charge is 0.462 e. The third kappa shape index (κ3) is 3.52. The highest BCUT2D eigenvalue weighted by molar-refractivity contribution is 6.04. The van der Waals surface area contributed by atoms with E-state index in [2.05, 4.69) is 5.32 Å². The molecule has 0 spiro atoms. The molecule has 1 aliphatic heterocycles. The summed E-state index contributed by atoms with van der Waals surface area (Å²) in [5.41, 5.74) is 1.80. The van der Waals surface area contributed by atoms with Gasteiger partial charge in [-0.15, -0.1) is 0 Å². The average Bonchev–Trinajstić information content (AvgIpc) is 2.62. The molecule has 1 atom stereocenters. The molecule has 0 aromatic heterocycles. The lowest BCUT2D eigenvalue weighted by Crippen LogP contribution is -2.38. The molecule has 1 amide bonds. The van der Waals surface area contributed by atoms with Crippen LogP contribution in [0.15, 0.2) is 48.5 Å². The molecule has 25 heavy (non-hydrogen) atoms. The van der Waals surface area contributed by atoms with Gasteiger partial charge in [0.2, 0.25) is 0 Å². The minimum atomic E-state index is -0.947. The Labute approximate surface area is 144 Å². The number of cyclic esters (lactones) is 1. The zero-order chi connectivity index (χ0) is 17.8. The number of carbonyl (C=O) groups is 3. The summed E-state index contributed by atoms with van der Waals surface area (Å²) in [6.45, 7) is 1.94. The first kappa shape index (κ1) is 16.7. The predicted molar refractivity (Wildman–Crippen MR) is 90.4 cm³/mol. The molecule has 1 aliphatic rings. The third-order valence-electron chi connectivity index (χ3n) is 3.86. The van der Waals surface area contributed by atoms with Gasteiger partial charge < -0.3 is 14.8 Å². The zero-order valence-corrected chi connectivity index (χ0v) is 13.7. The number of nitrogens with one attached hydrogen (secondary N) is 1. The van der Waals surface area contributed by atoms with Crippen molar-refractivity contribution in [1.82, 2.24) is 0 Å². The Balaban J connectivity index is 1.78. The number of amides is 1. The Morgan fingerprint density at radius 1 is 1.16 bits per heavy atom. The lowest BCUT2D eigenvalue weighted by atomic mass is 9.98. The lowest BCUT2D eigenvalue weighted by molar-refractivity contribution is -0.125. The maximum atomic E-state index is 12.5. The van der Waals surface area contributed by atoms with Crippen molar-refractivity contribution in [2.24, 2.45) is 0 Å². The quantitative estimate of drug-likeness (QED) is 0.866. The molecule has 1 N–H and O–H groups in total. The van der Waals surface area contributed by atoms with Crippen LogP contribution < -0.4 is 5.32 Å². The van der Waals surface area contributed by atoms with E-state index in [1.165, 1.54) is 0 Å². The standard InChI is InChI=1S/C19H17NO5/c1-2-24-18(22)14-9-5-6-10-15(14)20-17(21)16-11-12-7-3-4-8-13(12)19(23)25-16/h3-10,16H,2,11H2,1H3,(H,20,21)/t16-/m0/s1. The topological polar surface area (TPSA) is 81.7 Å². The number of fused-ring (bicyclic) bond motifs is 1. The van der Waals surface area contributed by atoms with E-state index in [-0.39, 0.29) is 18.6 Å². The van der Waals surface area contributed by atoms with Gasteiger partial charge in [-0.3, -0.25) is 4.79 Å². The maximum absolute atomic E-state index is 12.5. The summed E-state index contributed by atoms with van der Waals surface area (Å²) in [5, 5.41) is 2.65. The van der Waals surface area contributed by atoms with Crippen LogP contribution >= 0.6 is 0 Å². The van der Waals surface area contributed by atoms with Crippen molar-refractivity contribution in [3.05, 3.63) is 65.2 Å². The molecule has 0 unspecified atom stereocenters. The number of esters is 2. The van der Waals surface area contributed by atoms with Crippen molar-refractivity contribution >= 4 is 23.5 Å². The van der Waals surface area contributed by atoms with Crippen LogP contribution in [0.4, 0.5) is 5.69 Å². The van der Waals surface area contributed by atoms with E-state index in [1.54, 1.807) is 49.4 Å². The van der Waals surface area contributed by atoms with Gasteiger partial charge in [0.05, 0.1) is 23.4 Å². The van der Waals surface area contributed by atoms with Crippen molar-refractivity contribution in [2.45, 2.75) is 19.4 Å². The second-order valence-electron chi connectivity index (χ2n) is 5.51. The summed E-state index contributed by atoms with van der Waals surface area (Å²) in [6.07, 6.45) is -0.660. The number of hydrogen-bond donors (Lipinski definition) is 1. The van der Waals surface area contributed by atoms with E-state index in [0.717, 1.165) is 5.56 Å². The normalized spacial score (nSPS) is 15.7. The molecule has 1 heterocycles. The molecule has 0 saturated carbocycles. The number of anilines is 1. The summed E-state index contributed by atoms with van der Waals surface area (Å²) >= 11 is 0. The van der Waals surface area contributed by atoms with Crippen LogP contribution in [-0.2, 0) is 20.7 Å². The highest BCUT2D eigenvalue weighted by Gasteiger charge is 2.31. The van der Waals surface area contributed by atoms with Gasteiger partial charge in [-0.2, -0.15) is 0 Å². The van der Waals surface area contributed by atoms with Crippen LogP contribution in [-0.4, -0.2) is 30.6 Å². The van der Waals surface area contributed by atoms with Crippen LogP contribution in [0, 0.1) is 0 Å². The fourth-order valence-corrected chi connectivity index (χ4v) is 2.67. The highest BCUT2D eigenvalue weighted by atomic mass is 16.5. The molecule has 128 valence electrons. The first-order valence-corrected chi connectivity index (χ1v) is 7.96. The molecule has 2 aromatic rings. The van der Waals surface area contributed by atoms with Crippen molar-refractivity contribution < 1.29 is 23.9 Å². The van der Waals surface area contributed by atoms with Crippen molar-refractivity contribution in [1.29, 1.82) is 0 Å². The molecule has 0 saturated heterocycles. The molecule has 0 bridgehead atoms. The van der Waals surface area contributed by atoms with Gasteiger partial charge in [-0.25, -0.2) is 9.59 Å². The van der Waals surface area contributed by atoms with Gasteiger partial charge in [-0.1, -0.05) is 30.3 Å². The van der Waals surface area contributed by atoms with Gasteiger partial charge in [-0.05, 0) is 30.7 Å². The van der Waals surface area contributed by atoms with Crippen LogP contribution in [0.1, 0.15) is 33.2 Å². The van der Waals surface area contributed by atoms with Crippen LogP contribution in [0.5, 0.6) is 0 Å². The monoisotopic (exact) mass is 339 g/mol. The van der Waals surface area contributed by atoms with Gasteiger partial charge >= 0.3 is 11.9 Å². The van der Waals surface area contributed by atoms with Gasteiger partial charge in [0.25, 0.3) is 5.91 Å². The molecule has 0 fully saturated rings. The van der Waals surface area contributed by atoms with E-state index in [1.807, 2.05) is 6.07 Å². The fraction of sp³-hybridized carbons (Fsp3) is 0.211. The number of carbonyl (C=O) groups excluding carboxylic acids is 3. The minimum absolute atomic E-state index is 0.234. The van der Waals surface area contributed by atoms with E-state index in [4.69, 9.17) is 9.47 Å². The molecule has 3 rings (SSSR count). The summed E-state index contributed by atoms with van der Waals surface area (Å²) in [6, 6.07) is 13.6. The van der Waals surface area contributed by atoms with E-state index >= 15 is 0 Å². The van der Waals surface area contributed by atoms with Gasteiger partial charge in [0.1, 0.15) is 0 Å². The van der Waals surface area contributed by atoms with Gasteiger partial charge in [0, 0.05) is 6.42 Å². The van der Waals surface area contributed by atoms with Crippen molar-refractivity contribution in [2.75, 3.05) is 11.9 Å². The summed E-state index contributed by atoms with van der Waals surface area (Å²) in [7, 11) is 0. The Morgan fingerprint density at radius 2 is 1.88 bits per heavy atom. The molecule has 2 aromatic carbocycles. The van der Waals surface area contributed by atoms with Crippen molar-refractivity contribution in [3.63, 3.8) is 0 Å². The molecule has 6 nitrogen and oxygen atoms in total. The molecule has 0 radical (unpaired) electrons. The van der Waals surface area contributed by atoms with E-state index < -0.39 is 23.9 Å². The van der Waals surface area contributed by atoms with Gasteiger partial charge in [0.15, 0.2) is 6.10 Å². The third-order valence-corrected chi connectivity index (χ3v) is 3.86. The van der Waals surface area contributed by atoms with Crippen LogP contribution in [0.3, 0.4) is 0 Å². The maximum Gasteiger partial charge on any atom is 0.340 e. The molecular weight excluding hydrogens is 322 g/mol. The van der Waals surface area contributed by atoms with Crippen LogP contribution in [0.25, 0.3) is 0 Å². The SMILES string of the molecule is CCOC(=O)c1ccccc1NC(=O)[C@@H]1Cc2ccccc2C(=O)O1. The summed E-state index contributed by atoms with van der Waals surface area (Å²) < 4.78 is 10.2. The second-order valence-corrected chi connectivity index (χ2v) is 5.51. The zero-order valence-electron chi connectivity index (χ0n) is 13.7. The molecule has 0 aliphatic carbocycles. The molecule has 6 heteroatoms. The Bertz CT molecular complexity index is 830. The Hall–Kier alpha value is -3.15. The summed E-state index contributed by atoms with van der Waals surface area (Å²) in [5.74, 6) is -1.54. The van der Waals surface area contributed by atoms with Crippen LogP contribution in [0.2, 0.25) is 0 Å².